The second-order valence-corrected chi connectivity index (χ2v) is 8.89. The molecule has 2 aliphatic rings. The maximum absolute atomic E-state index is 13.1. The Morgan fingerprint density at radius 2 is 1.80 bits per heavy atom. The number of hydrogen-bond acceptors (Lipinski definition) is 4. The highest BCUT2D eigenvalue weighted by molar-refractivity contribution is 7.91. The molecule has 1 unspecified atom stereocenters. The second-order valence-electron chi connectivity index (χ2n) is 6.94. The van der Waals surface area contributed by atoms with Crippen LogP contribution in [0.2, 0.25) is 0 Å². The van der Waals surface area contributed by atoms with E-state index < -0.39 is 15.7 Å². The van der Waals surface area contributed by atoms with Crippen molar-refractivity contribution in [3.8, 4) is 0 Å². The zero-order valence-corrected chi connectivity index (χ0v) is 14.8. The van der Waals surface area contributed by atoms with Crippen molar-refractivity contribution in [2.45, 2.75) is 47.6 Å². The van der Waals surface area contributed by atoms with E-state index in [1.807, 2.05) is 6.07 Å². The summed E-state index contributed by atoms with van der Waals surface area (Å²) in [5.74, 6) is -0.136. The Labute approximate surface area is 147 Å². The topological polar surface area (TPSA) is 58.2 Å². The average Bonchev–Trinajstić information content (AvgIpc) is 2.81. The van der Waals surface area contributed by atoms with Gasteiger partial charge in [0, 0.05) is 23.7 Å². The molecular weight excluding hydrogens is 339 g/mol. The predicted octanol–water partition coefficient (Wildman–Crippen LogP) is 3.31. The van der Waals surface area contributed by atoms with E-state index in [0.29, 0.717) is 18.0 Å². The molecule has 0 aromatic heterocycles. The van der Waals surface area contributed by atoms with Gasteiger partial charge in [-0.15, -0.1) is 0 Å². The van der Waals surface area contributed by atoms with E-state index >= 15 is 0 Å². The Morgan fingerprint density at radius 3 is 2.56 bits per heavy atom. The molecule has 0 saturated carbocycles. The van der Waals surface area contributed by atoms with Crippen LogP contribution in [0.4, 0.5) is 10.1 Å². The van der Waals surface area contributed by atoms with Gasteiger partial charge in [0.05, 0.1) is 9.79 Å². The lowest BCUT2D eigenvalue weighted by molar-refractivity contribution is 0.511. The normalized spacial score (nSPS) is 25.6. The number of anilines is 1. The molecule has 0 bridgehead atoms. The summed E-state index contributed by atoms with van der Waals surface area (Å²) in [5, 5.41) is 7.02. The SMILES string of the molecule is CC1C[C@H]2c3cc(S(=O)(=O)c4ccc(F)cc4)ccc3N[C@@H]2CCN1. The molecule has 0 amide bonds. The van der Waals surface area contributed by atoms with Gasteiger partial charge in [0.25, 0.3) is 0 Å². The third-order valence-electron chi connectivity index (χ3n) is 5.24. The minimum Gasteiger partial charge on any atom is -0.381 e. The molecule has 0 spiro atoms. The molecule has 4 nitrogen and oxygen atoms in total. The summed E-state index contributed by atoms with van der Waals surface area (Å²) in [4.78, 5) is 0.387. The molecule has 6 heteroatoms. The molecular formula is C19H21FN2O2S. The number of rotatable bonds is 2. The van der Waals surface area contributed by atoms with E-state index in [1.54, 1.807) is 12.1 Å². The minimum atomic E-state index is -3.65. The van der Waals surface area contributed by atoms with Crippen molar-refractivity contribution >= 4 is 15.5 Å². The van der Waals surface area contributed by atoms with Gasteiger partial charge in [-0.3, -0.25) is 0 Å². The number of sulfone groups is 1. The molecule has 2 aromatic rings. The zero-order valence-electron chi connectivity index (χ0n) is 14.0. The first-order valence-electron chi connectivity index (χ1n) is 8.59. The zero-order chi connectivity index (χ0) is 17.6. The highest BCUT2D eigenvalue weighted by Gasteiger charge is 2.35. The lowest BCUT2D eigenvalue weighted by Crippen LogP contribution is -2.25. The fraction of sp³-hybridized carbons (Fsp3) is 0.368. The Balaban J connectivity index is 1.73. The maximum Gasteiger partial charge on any atom is 0.206 e. The second kappa shape index (κ2) is 6.11. The van der Waals surface area contributed by atoms with Gasteiger partial charge < -0.3 is 10.6 Å². The van der Waals surface area contributed by atoms with Crippen LogP contribution in [0.5, 0.6) is 0 Å². The number of fused-ring (bicyclic) bond motifs is 3. The van der Waals surface area contributed by atoms with Crippen molar-refractivity contribution < 1.29 is 12.8 Å². The lowest BCUT2D eigenvalue weighted by atomic mass is 9.89. The fourth-order valence-corrected chi connectivity index (χ4v) is 5.22. The summed E-state index contributed by atoms with van der Waals surface area (Å²) >= 11 is 0. The first kappa shape index (κ1) is 16.5. The number of halogens is 1. The quantitative estimate of drug-likeness (QED) is 0.807. The van der Waals surface area contributed by atoms with Gasteiger partial charge in [0.1, 0.15) is 5.82 Å². The van der Waals surface area contributed by atoms with E-state index in [2.05, 4.69) is 17.6 Å². The van der Waals surface area contributed by atoms with Crippen LogP contribution < -0.4 is 10.6 Å². The van der Waals surface area contributed by atoms with Gasteiger partial charge in [-0.25, -0.2) is 12.8 Å². The molecule has 25 heavy (non-hydrogen) atoms. The molecule has 1 saturated heterocycles. The Morgan fingerprint density at radius 1 is 1.08 bits per heavy atom. The van der Waals surface area contributed by atoms with Crippen LogP contribution in [0.3, 0.4) is 0 Å². The number of benzene rings is 2. The lowest BCUT2D eigenvalue weighted by Gasteiger charge is -2.18. The van der Waals surface area contributed by atoms with E-state index in [9.17, 15) is 12.8 Å². The van der Waals surface area contributed by atoms with Gasteiger partial charge in [0.15, 0.2) is 0 Å². The third kappa shape index (κ3) is 2.93. The van der Waals surface area contributed by atoms with Crippen molar-refractivity contribution in [1.82, 2.24) is 5.32 Å². The molecule has 0 radical (unpaired) electrons. The van der Waals surface area contributed by atoms with Crippen LogP contribution in [-0.2, 0) is 9.84 Å². The summed E-state index contributed by atoms with van der Waals surface area (Å²) in [6.07, 6.45) is 1.99. The predicted molar refractivity (Wildman–Crippen MR) is 95.1 cm³/mol. The standard InChI is InChI=1S/C19H21FN2O2S/c1-12-10-16-17-11-15(6-7-18(17)22-19(16)8-9-21-12)25(23,24)14-4-2-13(20)3-5-14/h2-7,11-12,16,19,21-22H,8-10H2,1H3/t12?,16-,19+/m0/s1. The third-order valence-corrected chi connectivity index (χ3v) is 7.01. The van der Waals surface area contributed by atoms with E-state index in [-0.39, 0.29) is 9.79 Å². The maximum atomic E-state index is 13.1. The Bertz CT molecular complexity index is 896. The minimum absolute atomic E-state index is 0.118. The molecule has 0 aliphatic carbocycles. The molecule has 3 atom stereocenters. The Kier molecular flexibility index (Phi) is 4.04. The molecule has 2 N–H and O–H groups in total. The van der Waals surface area contributed by atoms with Crippen molar-refractivity contribution in [3.05, 3.63) is 53.8 Å². The monoisotopic (exact) mass is 360 g/mol. The fourth-order valence-electron chi connectivity index (χ4n) is 3.93. The summed E-state index contributed by atoms with van der Waals surface area (Å²) < 4.78 is 38.9. The Hall–Kier alpha value is -1.92. The summed E-state index contributed by atoms with van der Waals surface area (Å²) in [6.45, 7) is 3.13. The molecule has 1 fully saturated rings. The number of nitrogens with one attached hydrogen (secondary N) is 2. The summed E-state index contributed by atoms with van der Waals surface area (Å²) in [5.41, 5.74) is 2.10. The van der Waals surface area contributed by atoms with Crippen LogP contribution in [0.25, 0.3) is 0 Å². The van der Waals surface area contributed by atoms with Gasteiger partial charge in [-0.1, -0.05) is 0 Å². The van der Waals surface area contributed by atoms with E-state index in [0.717, 1.165) is 30.6 Å². The molecule has 2 heterocycles. The largest absolute Gasteiger partial charge is 0.381 e. The van der Waals surface area contributed by atoms with Crippen molar-refractivity contribution in [2.24, 2.45) is 0 Å². The van der Waals surface area contributed by atoms with Crippen LogP contribution >= 0.6 is 0 Å². The van der Waals surface area contributed by atoms with E-state index in [1.165, 1.54) is 24.3 Å². The molecule has 2 aliphatic heterocycles. The first-order chi connectivity index (χ1) is 11.9. The van der Waals surface area contributed by atoms with Crippen LogP contribution in [0.15, 0.2) is 52.3 Å². The van der Waals surface area contributed by atoms with Crippen LogP contribution in [-0.4, -0.2) is 27.0 Å². The van der Waals surface area contributed by atoms with Gasteiger partial charge in [-0.05, 0) is 74.3 Å². The molecule has 2 aromatic carbocycles. The summed E-state index contributed by atoms with van der Waals surface area (Å²) in [6, 6.07) is 11.0. The molecule has 132 valence electrons. The first-order valence-corrected chi connectivity index (χ1v) is 10.1. The van der Waals surface area contributed by atoms with Gasteiger partial charge in [0.2, 0.25) is 9.84 Å². The van der Waals surface area contributed by atoms with Crippen molar-refractivity contribution in [2.75, 3.05) is 11.9 Å². The molecule has 4 rings (SSSR count). The van der Waals surface area contributed by atoms with Crippen LogP contribution in [0, 0.1) is 5.82 Å². The van der Waals surface area contributed by atoms with Gasteiger partial charge in [-0.2, -0.15) is 0 Å². The highest BCUT2D eigenvalue weighted by atomic mass is 32.2. The van der Waals surface area contributed by atoms with Crippen LogP contribution in [0.1, 0.15) is 31.2 Å². The van der Waals surface area contributed by atoms with Crippen molar-refractivity contribution in [1.29, 1.82) is 0 Å². The summed E-state index contributed by atoms with van der Waals surface area (Å²) in [7, 11) is -3.65. The number of hydrogen-bond donors (Lipinski definition) is 2. The smallest absolute Gasteiger partial charge is 0.206 e. The average molecular weight is 360 g/mol. The van der Waals surface area contributed by atoms with Crippen molar-refractivity contribution in [3.63, 3.8) is 0 Å². The van der Waals surface area contributed by atoms with E-state index in [4.69, 9.17) is 0 Å². The van der Waals surface area contributed by atoms with Gasteiger partial charge >= 0.3 is 0 Å². The highest BCUT2D eigenvalue weighted by Crippen LogP contribution is 2.42.